The van der Waals surface area contributed by atoms with Crippen molar-refractivity contribution < 1.29 is 13.2 Å². The molecule has 1 aromatic rings. The van der Waals surface area contributed by atoms with Crippen LogP contribution in [0.25, 0.3) is 0 Å². The van der Waals surface area contributed by atoms with Crippen LogP contribution in [-0.2, 0) is 11.7 Å². The minimum absolute atomic E-state index is 0.233. The van der Waals surface area contributed by atoms with Gasteiger partial charge in [-0.25, -0.2) is 0 Å². The van der Waals surface area contributed by atoms with Crippen molar-refractivity contribution in [3.8, 4) is 0 Å². The van der Waals surface area contributed by atoms with Gasteiger partial charge in [0.15, 0.2) is 0 Å². The molecule has 1 aliphatic rings. The highest BCUT2D eigenvalue weighted by atomic mass is 19.4. The average molecular weight is 259 g/mol. The molecule has 18 heavy (non-hydrogen) atoms. The van der Waals surface area contributed by atoms with Crippen LogP contribution in [0.4, 0.5) is 13.2 Å². The molecule has 1 fully saturated rings. The van der Waals surface area contributed by atoms with Crippen molar-refractivity contribution in [2.75, 3.05) is 13.1 Å². The third-order valence-electron chi connectivity index (χ3n) is 3.16. The van der Waals surface area contributed by atoms with Gasteiger partial charge in [-0.3, -0.25) is 4.98 Å². The molecule has 0 bridgehead atoms. The van der Waals surface area contributed by atoms with Crippen LogP contribution in [0.5, 0.6) is 0 Å². The normalized spacial score (nSPS) is 19.5. The van der Waals surface area contributed by atoms with Gasteiger partial charge in [-0.1, -0.05) is 5.18 Å². The number of alkyl halides is 3. The van der Waals surface area contributed by atoms with E-state index in [4.69, 9.17) is 0 Å². The smallest absolute Gasteiger partial charge is 0.317 e. The van der Waals surface area contributed by atoms with Crippen molar-refractivity contribution >= 4 is 0 Å². The Morgan fingerprint density at radius 3 is 2.56 bits per heavy atom. The fourth-order valence-corrected chi connectivity index (χ4v) is 2.22. The van der Waals surface area contributed by atoms with E-state index >= 15 is 0 Å². The Morgan fingerprint density at radius 2 is 2.00 bits per heavy atom. The Bertz CT molecular complexity index is 441. The minimum atomic E-state index is -4.52. The maximum atomic E-state index is 12.9. The molecule has 7 heteroatoms. The molecule has 2 heterocycles. The lowest BCUT2D eigenvalue weighted by molar-refractivity contribution is -0.139. The molecule has 0 aliphatic carbocycles. The highest BCUT2D eigenvalue weighted by molar-refractivity contribution is 5.30. The van der Waals surface area contributed by atoms with E-state index in [1.165, 1.54) is 12.3 Å². The number of hydrogen-bond donors (Lipinski definition) is 1. The van der Waals surface area contributed by atoms with Gasteiger partial charge in [0.1, 0.15) is 5.54 Å². The third-order valence-corrected chi connectivity index (χ3v) is 3.16. The maximum Gasteiger partial charge on any atom is 0.418 e. The molecule has 2 rings (SSSR count). The molecule has 0 atom stereocenters. The zero-order valence-electron chi connectivity index (χ0n) is 9.50. The van der Waals surface area contributed by atoms with E-state index in [-0.39, 0.29) is 18.5 Å². The first kappa shape index (κ1) is 12.9. The quantitative estimate of drug-likeness (QED) is 0.830. The predicted molar refractivity (Wildman–Crippen MR) is 58.8 cm³/mol. The van der Waals surface area contributed by atoms with Crippen LogP contribution >= 0.6 is 0 Å². The number of nitroso groups, excluding NO2 is 1. The van der Waals surface area contributed by atoms with E-state index in [9.17, 15) is 18.1 Å². The van der Waals surface area contributed by atoms with Crippen LogP contribution in [0.1, 0.15) is 24.1 Å². The Labute approximate surface area is 102 Å². The number of halogens is 3. The first-order chi connectivity index (χ1) is 8.49. The summed E-state index contributed by atoms with van der Waals surface area (Å²) in [5.41, 5.74) is -2.49. The van der Waals surface area contributed by atoms with Crippen molar-refractivity contribution in [2.24, 2.45) is 5.18 Å². The minimum Gasteiger partial charge on any atom is -0.317 e. The summed E-state index contributed by atoms with van der Waals surface area (Å²) in [4.78, 5) is 14.8. The number of hydrogen-bond acceptors (Lipinski definition) is 4. The van der Waals surface area contributed by atoms with Crippen LogP contribution in [0.3, 0.4) is 0 Å². The molecule has 1 saturated heterocycles. The Balaban J connectivity index is 2.52. The molecule has 98 valence electrons. The standard InChI is InChI=1S/C11H12F3N3O/c12-11(13,14)8-2-1-5-16-9(8)10(17-18)3-6-15-7-4-10/h1-2,5,15H,3-4,6-7H2. The molecule has 0 radical (unpaired) electrons. The average Bonchev–Trinajstić information content (AvgIpc) is 2.38. The molecule has 0 saturated carbocycles. The summed E-state index contributed by atoms with van der Waals surface area (Å²) in [5.74, 6) is 0. The summed E-state index contributed by atoms with van der Waals surface area (Å²) in [7, 11) is 0. The lowest BCUT2D eigenvalue weighted by atomic mass is 9.83. The number of aromatic nitrogens is 1. The highest BCUT2D eigenvalue weighted by Crippen LogP contribution is 2.41. The fourth-order valence-electron chi connectivity index (χ4n) is 2.22. The zero-order valence-corrected chi connectivity index (χ0v) is 9.50. The maximum absolute atomic E-state index is 12.9. The lowest BCUT2D eigenvalue weighted by Gasteiger charge is -2.31. The number of nitrogens with zero attached hydrogens (tertiary/aromatic N) is 2. The first-order valence-electron chi connectivity index (χ1n) is 5.57. The summed E-state index contributed by atoms with van der Waals surface area (Å²) in [5, 5.41) is 5.96. The molecule has 0 aromatic carbocycles. The van der Waals surface area contributed by atoms with E-state index in [1.807, 2.05) is 0 Å². The summed E-state index contributed by atoms with van der Waals surface area (Å²) >= 11 is 0. The number of rotatable bonds is 2. The van der Waals surface area contributed by atoms with Crippen molar-refractivity contribution in [1.82, 2.24) is 10.3 Å². The SMILES string of the molecule is O=NC1(c2ncccc2C(F)(F)F)CCNCC1. The van der Waals surface area contributed by atoms with E-state index in [0.29, 0.717) is 13.1 Å². The lowest BCUT2D eigenvalue weighted by Crippen LogP contribution is -2.40. The summed E-state index contributed by atoms with van der Waals surface area (Å²) in [6, 6.07) is 2.16. The van der Waals surface area contributed by atoms with E-state index < -0.39 is 17.3 Å². The van der Waals surface area contributed by atoms with E-state index in [1.54, 1.807) is 0 Å². The monoisotopic (exact) mass is 259 g/mol. The van der Waals surface area contributed by atoms with E-state index in [0.717, 1.165) is 6.07 Å². The molecule has 1 aromatic heterocycles. The second-order valence-electron chi connectivity index (χ2n) is 4.27. The topological polar surface area (TPSA) is 54.4 Å². The molecule has 0 unspecified atom stereocenters. The van der Waals surface area contributed by atoms with Gasteiger partial charge in [-0.15, -0.1) is 4.91 Å². The number of pyridine rings is 1. The van der Waals surface area contributed by atoms with Crippen molar-refractivity contribution in [2.45, 2.75) is 24.6 Å². The summed E-state index contributed by atoms with van der Waals surface area (Å²) in [6.45, 7) is 0.916. The Kier molecular flexibility index (Phi) is 3.34. The fraction of sp³-hybridized carbons (Fsp3) is 0.545. The molecule has 0 spiro atoms. The van der Waals surface area contributed by atoms with Gasteiger partial charge in [0, 0.05) is 6.20 Å². The van der Waals surface area contributed by atoms with E-state index in [2.05, 4.69) is 15.5 Å². The molecule has 1 N–H and O–H groups in total. The second kappa shape index (κ2) is 4.64. The van der Waals surface area contributed by atoms with Gasteiger partial charge >= 0.3 is 6.18 Å². The molecular weight excluding hydrogens is 247 g/mol. The molecule has 4 nitrogen and oxygen atoms in total. The first-order valence-corrected chi connectivity index (χ1v) is 5.57. The van der Waals surface area contributed by atoms with Gasteiger partial charge < -0.3 is 5.32 Å². The van der Waals surface area contributed by atoms with Gasteiger partial charge in [0.25, 0.3) is 0 Å². The van der Waals surface area contributed by atoms with Crippen molar-refractivity contribution in [1.29, 1.82) is 0 Å². The number of piperidine rings is 1. The van der Waals surface area contributed by atoms with Gasteiger partial charge in [0.2, 0.25) is 0 Å². The predicted octanol–water partition coefficient (Wildman–Crippen LogP) is 2.45. The van der Waals surface area contributed by atoms with Crippen molar-refractivity contribution in [3.63, 3.8) is 0 Å². The van der Waals surface area contributed by atoms with Crippen LogP contribution in [0.15, 0.2) is 23.5 Å². The third kappa shape index (κ3) is 2.22. The van der Waals surface area contributed by atoms with Crippen molar-refractivity contribution in [3.05, 3.63) is 34.5 Å². The Hall–Kier alpha value is -1.50. The summed E-state index contributed by atoms with van der Waals surface area (Å²) < 4.78 is 38.7. The zero-order chi connectivity index (χ0) is 13.2. The molecular formula is C11H12F3N3O. The van der Waals surface area contributed by atoms with Gasteiger partial charge in [0.05, 0.1) is 11.3 Å². The largest absolute Gasteiger partial charge is 0.418 e. The van der Waals surface area contributed by atoms with Crippen LogP contribution in [0.2, 0.25) is 0 Å². The van der Waals surface area contributed by atoms with Crippen LogP contribution in [0, 0.1) is 4.91 Å². The number of nitrogens with one attached hydrogen (secondary N) is 1. The highest BCUT2D eigenvalue weighted by Gasteiger charge is 2.44. The van der Waals surface area contributed by atoms with Gasteiger partial charge in [-0.05, 0) is 38.1 Å². The van der Waals surface area contributed by atoms with Gasteiger partial charge in [-0.2, -0.15) is 13.2 Å². The Morgan fingerprint density at radius 1 is 1.33 bits per heavy atom. The molecule has 1 aliphatic heterocycles. The van der Waals surface area contributed by atoms with Crippen LogP contribution < -0.4 is 5.32 Å². The summed E-state index contributed by atoms with van der Waals surface area (Å²) in [6.07, 6.45) is -2.79. The second-order valence-corrected chi connectivity index (χ2v) is 4.27. The molecule has 0 amide bonds. The van der Waals surface area contributed by atoms with Crippen LogP contribution in [-0.4, -0.2) is 18.1 Å².